The molecule has 22 heavy (non-hydrogen) atoms. The van der Waals surface area contributed by atoms with Crippen molar-refractivity contribution in [3.8, 4) is 11.5 Å². The summed E-state index contributed by atoms with van der Waals surface area (Å²) in [5, 5.41) is 4.52. The first-order valence-electron chi connectivity index (χ1n) is 6.71. The van der Waals surface area contributed by atoms with E-state index < -0.39 is 0 Å². The van der Waals surface area contributed by atoms with Crippen molar-refractivity contribution in [3.63, 3.8) is 0 Å². The molecule has 2 aromatic rings. The van der Waals surface area contributed by atoms with Crippen LogP contribution in [0.3, 0.4) is 0 Å². The Morgan fingerprint density at radius 2 is 1.82 bits per heavy atom. The number of amides is 1. The van der Waals surface area contributed by atoms with Crippen molar-refractivity contribution in [2.45, 2.75) is 0 Å². The molecule has 0 radical (unpaired) electrons. The Bertz CT molecular complexity index is 714. The van der Waals surface area contributed by atoms with Gasteiger partial charge in [0, 0.05) is 10.6 Å². The average molecular weight is 317 g/mol. The highest BCUT2D eigenvalue weighted by atomic mass is 35.5. The highest BCUT2D eigenvalue weighted by Gasteiger charge is 2.11. The number of hydrazone groups is 1. The predicted octanol–water partition coefficient (Wildman–Crippen LogP) is 2.88. The van der Waals surface area contributed by atoms with Crippen molar-refractivity contribution in [2.75, 3.05) is 13.2 Å². The molecule has 1 N–H and O–H groups in total. The molecular weight excluding hydrogens is 304 g/mol. The lowest BCUT2D eigenvalue weighted by Crippen LogP contribution is -2.17. The molecule has 0 bridgehead atoms. The molecule has 1 amide bonds. The largest absolute Gasteiger partial charge is 0.486 e. The minimum atomic E-state index is -0.300. The van der Waals surface area contributed by atoms with Crippen LogP contribution in [0.15, 0.2) is 47.6 Å². The first-order chi connectivity index (χ1) is 10.7. The van der Waals surface area contributed by atoms with Crippen LogP contribution in [-0.2, 0) is 0 Å². The van der Waals surface area contributed by atoms with E-state index >= 15 is 0 Å². The second kappa shape index (κ2) is 6.49. The fraction of sp³-hybridized carbons (Fsp3) is 0.125. The lowest BCUT2D eigenvalue weighted by molar-refractivity contribution is 0.0955. The summed E-state index contributed by atoms with van der Waals surface area (Å²) in [6.07, 6.45) is 1.55. The van der Waals surface area contributed by atoms with E-state index in [1.54, 1.807) is 30.5 Å². The number of fused-ring (bicyclic) bond motifs is 1. The van der Waals surface area contributed by atoms with E-state index in [1.807, 2.05) is 18.2 Å². The zero-order valence-electron chi connectivity index (χ0n) is 11.6. The van der Waals surface area contributed by atoms with Gasteiger partial charge in [0.2, 0.25) is 0 Å². The van der Waals surface area contributed by atoms with Gasteiger partial charge in [-0.2, -0.15) is 5.10 Å². The molecule has 112 valence electrons. The summed E-state index contributed by atoms with van der Waals surface area (Å²) in [5.74, 6) is 1.10. The van der Waals surface area contributed by atoms with E-state index in [0.29, 0.717) is 35.3 Å². The fourth-order valence-electron chi connectivity index (χ4n) is 1.97. The first-order valence-corrected chi connectivity index (χ1v) is 7.09. The van der Waals surface area contributed by atoms with E-state index in [9.17, 15) is 4.79 Å². The molecule has 3 rings (SSSR count). The van der Waals surface area contributed by atoms with Gasteiger partial charge in [0.25, 0.3) is 5.91 Å². The molecule has 0 spiro atoms. The smallest absolute Gasteiger partial charge is 0.271 e. The van der Waals surface area contributed by atoms with E-state index in [0.717, 1.165) is 5.56 Å². The van der Waals surface area contributed by atoms with Gasteiger partial charge in [-0.15, -0.1) is 0 Å². The SMILES string of the molecule is O=C(N/N=C/c1ccc2c(c1)OCCO2)c1ccc(Cl)cc1. The standard InChI is InChI=1S/C16H13ClN2O3/c17-13-4-2-12(3-5-13)16(20)19-18-10-11-1-6-14-15(9-11)22-8-7-21-14/h1-6,9-10H,7-8H2,(H,19,20)/b18-10+. The van der Waals surface area contributed by atoms with Gasteiger partial charge in [0.05, 0.1) is 6.21 Å². The monoisotopic (exact) mass is 316 g/mol. The van der Waals surface area contributed by atoms with Crippen molar-refractivity contribution in [3.05, 3.63) is 58.6 Å². The van der Waals surface area contributed by atoms with Crippen molar-refractivity contribution in [1.29, 1.82) is 0 Å². The second-order valence-electron chi connectivity index (χ2n) is 4.61. The molecule has 2 aromatic carbocycles. The van der Waals surface area contributed by atoms with Crippen LogP contribution in [0.5, 0.6) is 11.5 Å². The molecule has 1 heterocycles. The van der Waals surface area contributed by atoms with Crippen LogP contribution in [0.2, 0.25) is 5.02 Å². The minimum Gasteiger partial charge on any atom is -0.486 e. The number of benzene rings is 2. The van der Waals surface area contributed by atoms with Gasteiger partial charge in [-0.1, -0.05) is 11.6 Å². The summed E-state index contributed by atoms with van der Waals surface area (Å²) in [6, 6.07) is 12.0. The van der Waals surface area contributed by atoms with Gasteiger partial charge in [-0.25, -0.2) is 5.43 Å². The van der Waals surface area contributed by atoms with Gasteiger partial charge < -0.3 is 9.47 Å². The number of ether oxygens (including phenoxy) is 2. The zero-order valence-corrected chi connectivity index (χ0v) is 12.3. The van der Waals surface area contributed by atoms with Crippen molar-refractivity contribution in [1.82, 2.24) is 5.43 Å². The molecule has 0 aromatic heterocycles. The van der Waals surface area contributed by atoms with Gasteiger partial charge in [0.15, 0.2) is 11.5 Å². The molecule has 6 heteroatoms. The lowest BCUT2D eigenvalue weighted by atomic mass is 10.2. The van der Waals surface area contributed by atoms with Gasteiger partial charge >= 0.3 is 0 Å². The molecule has 0 unspecified atom stereocenters. The van der Waals surface area contributed by atoms with Crippen molar-refractivity contribution in [2.24, 2.45) is 5.10 Å². The van der Waals surface area contributed by atoms with Crippen LogP contribution in [0.1, 0.15) is 15.9 Å². The summed E-state index contributed by atoms with van der Waals surface area (Å²) in [6.45, 7) is 1.08. The number of hydrogen-bond acceptors (Lipinski definition) is 4. The Labute approximate surface area is 132 Å². The third-order valence-corrected chi connectivity index (χ3v) is 3.30. The van der Waals surface area contributed by atoms with Crippen LogP contribution in [0.25, 0.3) is 0 Å². The number of nitrogens with zero attached hydrogens (tertiary/aromatic N) is 1. The fourth-order valence-corrected chi connectivity index (χ4v) is 2.10. The summed E-state index contributed by atoms with van der Waals surface area (Å²) in [4.78, 5) is 11.9. The Morgan fingerprint density at radius 1 is 1.09 bits per heavy atom. The number of nitrogens with one attached hydrogen (secondary N) is 1. The van der Waals surface area contributed by atoms with Crippen LogP contribution in [0.4, 0.5) is 0 Å². The van der Waals surface area contributed by atoms with E-state index in [2.05, 4.69) is 10.5 Å². The summed E-state index contributed by atoms with van der Waals surface area (Å²) < 4.78 is 10.9. The predicted molar refractivity (Wildman–Crippen MR) is 83.9 cm³/mol. The normalized spacial score (nSPS) is 13.1. The molecule has 1 aliphatic heterocycles. The molecule has 5 nitrogen and oxygen atoms in total. The topological polar surface area (TPSA) is 59.9 Å². The Kier molecular flexibility index (Phi) is 4.25. The Balaban J connectivity index is 1.64. The summed E-state index contributed by atoms with van der Waals surface area (Å²) in [7, 11) is 0. The maximum absolute atomic E-state index is 11.9. The number of hydrogen-bond donors (Lipinski definition) is 1. The number of carbonyl (C=O) groups excluding carboxylic acids is 1. The quantitative estimate of drug-likeness (QED) is 0.699. The molecule has 0 fully saturated rings. The van der Waals surface area contributed by atoms with Crippen molar-refractivity contribution < 1.29 is 14.3 Å². The molecule has 0 saturated heterocycles. The third kappa shape index (κ3) is 3.38. The lowest BCUT2D eigenvalue weighted by Gasteiger charge is -2.18. The first kappa shape index (κ1) is 14.4. The number of halogens is 1. The van der Waals surface area contributed by atoms with E-state index in [-0.39, 0.29) is 5.91 Å². The molecule has 1 aliphatic rings. The molecule has 0 saturated carbocycles. The van der Waals surface area contributed by atoms with Gasteiger partial charge in [-0.3, -0.25) is 4.79 Å². The summed E-state index contributed by atoms with van der Waals surface area (Å²) in [5.41, 5.74) is 3.76. The average Bonchev–Trinajstić information content (AvgIpc) is 2.55. The van der Waals surface area contributed by atoms with E-state index in [4.69, 9.17) is 21.1 Å². The highest BCUT2D eigenvalue weighted by molar-refractivity contribution is 6.30. The number of carbonyl (C=O) groups is 1. The van der Waals surface area contributed by atoms with E-state index in [1.165, 1.54) is 0 Å². The summed E-state index contributed by atoms with van der Waals surface area (Å²) >= 11 is 5.78. The maximum atomic E-state index is 11.9. The second-order valence-corrected chi connectivity index (χ2v) is 5.05. The molecule has 0 atom stereocenters. The third-order valence-electron chi connectivity index (χ3n) is 3.05. The zero-order chi connectivity index (χ0) is 15.4. The highest BCUT2D eigenvalue weighted by Crippen LogP contribution is 2.30. The number of rotatable bonds is 3. The Morgan fingerprint density at radius 3 is 2.59 bits per heavy atom. The van der Waals surface area contributed by atoms with Crippen LogP contribution in [0, 0.1) is 0 Å². The van der Waals surface area contributed by atoms with Gasteiger partial charge in [-0.05, 0) is 48.0 Å². The van der Waals surface area contributed by atoms with Crippen LogP contribution < -0.4 is 14.9 Å². The Hall–Kier alpha value is -2.53. The van der Waals surface area contributed by atoms with Crippen molar-refractivity contribution >= 4 is 23.7 Å². The molecular formula is C16H13ClN2O3. The van der Waals surface area contributed by atoms with Crippen LogP contribution in [-0.4, -0.2) is 25.3 Å². The molecule has 0 aliphatic carbocycles. The van der Waals surface area contributed by atoms with Gasteiger partial charge in [0.1, 0.15) is 13.2 Å². The minimum absolute atomic E-state index is 0.300. The van der Waals surface area contributed by atoms with Crippen LogP contribution >= 0.6 is 11.6 Å². The maximum Gasteiger partial charge on any atom is 0.271 e.